The van der Waals surface area contributed by atoms with E-state index in [1.807, 2.05) is 6.92 Å². The number of aryl methyl sites for hydroxylation is 2. The maximum absolute atomic E-state index is 13.5. The first-order chi connectivity index (χ1) is 16.3. The molecule has 0 spiro atoms. The molecule has 5 nitrogen and oxygen atoms in total. The Balaban J connectivity index is 1.70. The molecule has 2 aromatic carbocycles. The summed E-state index contributed by atoms with van der Waals surface area (Å²) in [5, 5.41) is 3.41. The van der Waals surface area contributed by atoms with Crippen molar-refractivity contribution in [2.75, 3.05) is 11.1 Å². The highest BCUT2D eigenvalue weighted by atomic mass is 35.5. The zero-order valence-corrected chi connectivity index (χ0v) is 20.7. The minimum absolute atomic E-state index is 0.0552. The van der Waals surface area contributed by atoms with Crippen LogP contribution in [0, 0.1) is 18.6 Å². The van der Waals surface area contributed by atoms with Crippen LogP contribution >= 0.6 is 34.7 Å². The van der Waals surface area contributed by atoms with Gasteiger partial charge in [0.05, 0.1) is 21.8 Å². The zero-order valence-electron chi connectivity index (χ0n) is 18.3. The summed E-state index contributed by atoms with van der Waals surface area (Å²) >= 11 is 8.33. The van der Waals surface area contributed by atoms with Crippen LogP contribution in [0.25, 0.3) is 15.9 Å². The lowest BCUT2D eigenvalue weighted by atomic mass is 10.1. The molecule has 0 saturated heterocycles. The Morgan fingerprint density at radius 1 is 1.21 bits per heavy atom. The topological polar surface area (TPSA) is 64.0 Å². The average Bonchev–Trinajstić information content (AvgIpc) is 3.11. The van der Waals surface area contributed by atoms with Crippen molar-refractivity contribution < 1.29 is 13.6 Å². The van der Waals surface area contributed by atoms with E-state index >= 15 is 0 Å². The van der Waals surface area contributed by atoms with Gasteiger partial charge in [0.1, 0.15) is 16.5 Å². The summed E-state index contributed by atoms with van der Waals surface area (Å²) in [6.07, 6.45) is 1.78. The van der Waals surface area contributed by atoms with Crippen molar-refractivity contribution in [3.63, 3.8) is 0 Å². The lowest BCUT2D eigenvalue weighted by Crippen LogP contribution is -2.23. The molecule has 2 aromatic heterocycles. The second kappa shape index (κ2) is 10.2. The van der Waals surface area contributed by atoms with Crippen molar-refractivity contribution in [1.29, 1.82) is 0 Å². The minimum atomic E-state index is -0.580. The van der Waals surface area contributed by atoms with E-state index in [1.54, 1.807) is 0 Å². The van der Waals surface area contributed by atoms with Crippen molar-refractivity contribution in [2.24, 2.45) is 0 Å². The second-order valence-electron chi connectivity index (χ2n) is 7.56. The molecular formula is C24H20ClF2N3O2S2. The summed E-state index contributed by atoms with van der Waals surface area (Å²) in [4.78, 5) is 32.5. The Morgan fingerprint density at radius 3 is 2.62 bits per heavy atom. The van der Waals surface area contributed by atoms with Crippen LogP contribution in [0.1, 0.15) is 23.8 Å². The van der Waals surface area contributed by atoms with Crippen molar-refractivity contribution in [2.45, 2.75) is 31.8 Å². The van der Waals surface area contributed by atoms with Crippen molar-refractivity contribution >= 4 is 56.5 Å². The number of carbonyl (C=O) groups excluding carboxylic acids is 1. The summed E-state index contributed by atoms with van der Waals surface area (Å²) in [6, 6.07) is 9.45. The molecular weight excluding hydrogens is 500 g/mol. The fourth-order valence-electron chi connectivity index (χ4n) is 3.49. The third-order valence-corrected chi connectivity index (χ3v) is 7.60. The molecule has 0 fully saturated rings. The smallest absolute Gasteiger partial charge is 0.267 e. The van der Waals surface area contributed by atoms with Crippen LogP contribution in [0.3, 0.4) is 0 Å². The SMILES string of the molecule is CCCc1sc2nc(SCC(=O)Nc3ccc(F)c(Cl)c3)n(-c3ccc(F)cc3)c(=O)c2c1C. The molecule has 0 bridgehead atoms. The molecule has 0 aliphatic carbocycles. The van der Waals surface area contributed by atoms with Gasteiger partial charge in [-0.25, -0.2) is 13.8 Å². The van der Waals surface area contributed by atoms with Crippen LogP contribution in [-0.4, -0.2) is 21.2 Å². The highest BCUT2D eigenvalue weighted by molar-refractivity contribution is 7.99. The molecule has 1 amide bonds. The molecule has 10 heteroatoms. The van der Waals surface area contributed by atoms with E-state index < -0.39 is 11.6 Å². The molecule has 176 valence electrons. The van der Waals surface area contributed by atoms with E-state index in [2.05, 4.69) is 12.2 Å². The van der Waals surface area contributed by atoms with E-state index in [0.717, 1.165) is 35.0 Å². The molecule has 0 radical (unpaired) electrons. The maximum atomic E-state index is 13.5. The summed E-state index contributed by atoms with van der Waals surface area (Å²) in [5.41, 5.74) is 1.45. The van der Waals surface area contributed by atoms with Gasteiger partial charge in [-0.3, -0.25) is 14.2 Å². The second-order valence-corrected chi connectivity index (χ2v) is 9.99. The van der Waals surface area contributed by atoms with Gasteiger partial charge in [-0.05, 0) is 61.4 Å². The van der Waals surface area contributed by atoms with E-state index in [4.69, 9.17) is 16.6 Å². The molecule has 0 aliphatic rings. The molecule has 34 heavy (non-hydrogen) atoms. The fraction of sp³-hybridized carbons (Fsp3) is 0.208. The minimum Gasteiger partial charge on any atom is -0.325 e. The van der Waals surface area contributed by atoms with Gasteiger partial charge >= 0.3 is 0 Å². The number of thiophene rings is 1. The number of fused-ring (bicyclic) bond motifs is 1. The van der Waals surface area contributed by atoms with Gasteiger partial charge in [0.15, 0.2) is 5.16 Å². The Bertz CT molecular complexity index is 1440. The number of amides is 1. The lowest BCUT2D eigenvalue weighted by molar-refractivity contribution is -0.113. The number of halogens is 3. The number of benzene rings is 2. The average molecular weight is 520 g/mol. The predicted molar refractivity (Wildman–Crippen MR) is 135 cm³/mol. The Kier molecular flexibility index (Phi) is 7.35. The van der Waals surface area contributed by atoms with Crippen molar-refractivity contribution in [1.82, 2.24) is 9.55 Å². The normalized spacial score (nSPS) is 11.2. The molecule has 0 unspecified atom stereocenters. The molecule has 0 aliphatic heterocycles. The van der Waals surface area contributed by atoms with Gasteiger partial charge in [-0.15, -0.1) is 11.3 Å². The van der Waals surface area contributed by atoms with Crippen molar-refractivity contribution in [3.8, 4) is 5.69 Å². The van der Waals surface area contributed by atoms with Gasteiger partial charge in [0, 0.05) is 10.6 Å². The highest BCUT2D eigenvalue weighted by Gasteiger charge is 2.20. The van der Waals surface area contributed by atoms with Crippen LogP contribution in [0.5, 0.6) is 0 Å². The summed E-state index contributed by atoms with van der Waals surface area (Å²) in [6.45, 7) is 3.98. The van der Waals surface area contributed by atoms with E-state index in [-0.39, 0.29) is 22.2 Å². The molecule has 0 saturated carbocycles. The number of nitrogens with one attached hydrogen (secondary N) is 1. The van der Waals surface area contributed by atoms with Crippen LogP contribution in [0.4, 0.5) is 14.5 Å². The molecule has 0 atom stereocenters. The largest absolute Gasteiger partial charge is 0.325 e. The number of rotatable bonds is 7. The van der Waals surface area contributed by atoms with E-state index in [0.29, 0.717) is 26.7 Å². The Hall–Kier alpha value is -2.75. The maximum Gasteiger partial charge on any atom is 0.267 e. The van der Waals surface area contributed by atoms with Crippen LogP contribution in [0.2, 0.25) is 5.02 Å². The summed E-state index contributed by atoms with van der Waals surface area (Å²) < 4.78 is 28.3. The first-order valence-electron chi connectivity index (χ1n) is 10.5. The lowest BCUT2D eigenvalue weighted by Gasteiger charge is -2.12. The number of hydrogen-bond donors (Lipinski definition) is 1. The van der Waals surface area contributed by atoms with Gasteiger partial charge in [-0.1, -0.05) is 36.7 Å². The van der Waals surface area contributed by atoms with Gasteiger partial charge in [0.2, 0.25) is 5.91 Å². The molecule has 4 aromatic rings. The number of thioether (sulfide) groups is 1. The quantitative estimate of drug-likeness (QED) is 0.227. The Morgan fingerprint density at radius 2 is 1.94 bits per heavy atom. The van der Waals surface area contributed by atoms with Crippen LogP contribution in [0.15, 0.2) is 52.4 Å². The number of hydrogen-bond acceptors (Lipinski definition) is 5. The third kappa shape index (κ3) is 5.01. The highest BCUT2D eigenvalue weighted by Crippen LogP contribution is 2.31. The Labute approximate surface area is 207 Å². The number of carbonyl (C=O) groups is 1. The predicted octanol–water partition coefficient (Wildman–Crippen LogP) is 6.37. The first kappa shape index (κ1) is 24.4. The molecule has 1 N–H and O–H groups in total. The van der Waals surface area contributed by atoms with Crippen LogP contribution in [-0.2, 0) is 11.2 Å². The van der Waals surface area contributed by atoms with Crippen LogP contribution < -0.4 is 10.9 Å². The first-order valence-corrected chi connectivity index (χ1v) is 12.6. The fourth-order valence-corrected chi connectivity index (χ4v) is 5.80. The van der Waals surface area contributed by atoms with Gasteiger partial charge in [0.25, 0.3) is 5.56 Å². The van der Waals surface area contributed by atoms with E-state index in [9.17, 15) is 18.4 Å². The number of aromatic nitrogens is 2. The standard InChI is InChI=1S/C24H20ClF2N3O2S2/c1-3-4-19-13(2)21-22(34-19)29-24(30(23(21)32)16-8-5-14(26)6-9-16)33-12-20(31)28-15-7-10-18(27)17(25)11-15/h5-11H,3-4,12H2,1-2H3,(H,28,31). The monoisotopic (exact) mass is 519 g/mol. The third-order valence-electron chi connectivity index (χ3n) is 5.13. The number of nitrogens with zero attached hydrogens (tertiary/aromatic N) is 2. The summed E-state index contributed by atoms with van der Waals surface area (Å²) in [5.74, 6) is -1.43. The van der Waals surface area contributed by atoms with E-state index in [1.165, 1.54) is 58.4 Å². The number of anilines is 1. The van der Waals surface area contributed by atoms with Gasteiger partial charge < -0.3 is 5.32 Å². The van der Waals surface area contributed by atoms with Gasteiger partial charge in [-0.2, -0.15) is 0 Å². The van der Waals surface area contributed by atoms with Crippen molar-refractivity contribution in [3.05, 3.63) is 79.9 Å². The summed E-state index contributed by atoms with van der Waals surface area (Å²) in [7, 11) is 0. The zero-order chi connectivity index (χ0) is 24.4. The molecule has 4 rings (SSSR count). The molecule has 2 heterocycles.